The molecule has 0 unspecified atom stereocenters. The number of ether oxygens (including phenoxy) is 2. The summed E-state index contributed by atoms with van der Waals surface area (Å²) < 4.78 is 10.6. The molecule has 1 saturated heterocycles. The van der Waals surface area contributed by atoms with Crippen LogP contribution in [0, 0.1) is 5.92 Å². The maximum atomic E-state index is 12.0. The third kappa shape index (κ3) is 3.14. The standard InChI is InChI=1S/C17H21NO4/c1-21-7-5-18-11-13(10-17(18)20)8-12-2-3-14-15(19)4-6-22-16(14)9-12/h2-3,9,13H,4-8,10-11H2,1H3/t13-/m1/s1. The van der Waals surface area contributed by atoms with Crippen LogP contribution in [0.15, 0.2) is 18.2 Å². The normalized spacial score (nSPS) is 21.0. The smallest absolute Gasteiger partial charge is 0.223 e. The Morgan fingerprint density at radius 2 is 2.23 bits per heavy atom. The molecule has 0 aliphatic carbocycles. The van der Waals surface area contributed by atoms with Gasteiger partial charge in [0.2, 0.25) is 5.91 Å². The third-order valence-corrected chi connectivity index (χ3v) is 4.32. The van der Waals surface area contributed by atoms with Gasteiger partial charge in [-0.15, -0.1) is 0 Å². The van der Waals surface area contributed by atoms with E-state index in [0.29, 0.717) is 49.8 Å². The summed E-state index contributed by atoms with van der Waals surface area (Å²) in [5.41, 5.74) is 1.80. The minimum atomic E-state index is 0.148. The molecule has 118 valence electrons. The van der Waals surface area contributed by atoms with Crippen LogP contribution < -0.4 is 4.74 Å². The number of hydrogen-bond acceptors (Lipinski definition) is 4. The highest BCUT2D eigenvalue weighted by molar-refractivity contribution is 5.99. The highest BCUT2D eigenvalue weighted by atomic mass is 16.5. The summed E-state index contributed by atoms with van der Waals surface area (Å²) >= 11 is 0. The molecule has 1 aromatic carbocycles. The van der Waals surface area contributed by atoms with Crippen LogP contribution in [-0.4, -0.2) is 50.0 Å². The van der Waals surface area contributed by atoms with Crippen LogP contribution >= 0.6 is 0 Å². The fourth-order valence-corrected chi connectivity index (χ4v) is 3.17. The van der Waals surface area contributed by atoms with Gasteiger partial charge in [-0.3, -0.25) is 9.59 Å². The van der Waals surface area contributed by atoms with E-state index >= 15 is 0 Å². The van der Waals surface area contributed by atoms with Gasteiger partial charge < -0.3 is 14.4 Å². The minimum absolute atomic E-state index is 0.148. The molecule has 0 N–H and O–H groups in total. The molecule has 0 radical (unpaired) electrons. The molecular formula is C17H21NO4. The van der Waals surface area contributed by atoms with E-state index in [1.54, 1.807) is 7.11 Å². The average Bonchev–Trinajstić information content (AvgIpc) is 2.85. The molecule has 5 heteroatoms. The molecule has 1 atom stereocenters. The largest absolute Gasteiger partial charge is 0.492 e. The summed E-state index contributed by atoms with van der Waals surface area (Å²) in [6.45, 7) is 2.47. The highest BCUT2D eigenvalue weighted by Crippen LogP contribution is 2.28. The van der Waals surface area contributed by atoms with E-state index in [9.17, 15) is 9.59 Å². The van der Waals surface area contributed by atoms with Gasteiger partial charge in [-0.05, 0) is 30.0 Å². The first-order valence-corrected chi connectivity index (χ1v) is 7.73. The van der Waals surface area contributed by atoms with Crippen LogP contribution in [0.2, 0.25) is 0 Å². The predicted molar refractivity (Wildman–Crippen MR) is 81.2 cm³/mol. The summed E-state index contributed by atoms with van der Waals surface area (Å²) in [5.74, 6) is 1.36. The molecule has 3 rings (SSSR count). The summed E-state index contributed by atoms with van der Waals surface area (Å²) in [6.07, 6.45) is 1.87. The van der Waals surface area contributed by atoms with E-state index < -0.39 is 0 Å². The number of Topliss-reactive ketones (excluding diaryl/α,β-unsaturated/α-hetero) is 1. The quantitative estimate of drug-likeness (QED) is 0.830. The second-order valence-electron chi connectivity index (χ2n) is 5.96. The van der Waals surface area contributed by atoms with Gasteiger partial charge in [0, 0.05) is 33.0 Å². The maximum absolute atomic E-state index is 12.0. The molecule has 1 aromatic rings. The fraction of sp³-hybridized carbons (Fsp3) is 0.529. The van der Waals surface area contributed by atoms with E-state index in [1.165, 1.54) is 0 Å². The van der Waals surface area contributed by atoms with Gasteiger partial charge in [-0.25, -0.2) is 0 Å². The summed E-state index contributed by atoms with van der Waals surface area (Å²) in [7, 11) is 1.65. The third-order valence-electron chi connectivity index (χ3n) is 4.32. The molecule has 1 fully saturated rings. The number of likely N-dealkylation sites (tertiary alicyclic amines) is 1. The average molecular weight is 303 g/mol. The van der Waals surface area contributed by atoms with Crippen molar-refractivity contribution < 1.29 is 19.1 Å². The zero-order valence-electron chi connectivity index (χ0n) is 12.8. The Hall–Kier alpha value is -1.88. The second-order valence-corrected chi connectivity index (χ2v) is 5.96. The Bertz CT molecular complexity index is 584. The molecule has 0 bridgehead atoms. The first kappa shape index (κ1) is 15.0. The molecule has 22 heavy (non-hydrogen) atoms. The number of methoxy groups -OCH3 is 1. The van der Waals surface area contributed by atoms with Gasteiger partial charge in [0.25, 0.3) is 0 Å². The van der Waals surface area contributed by atoms with Crippen molar-refractivity contribution >= 4 is 11.7 Å². The number of carbonyl (C=O) groups is 2. The number of fused-ring (bicyclic) bond motifs is 1. The lowest BCUT2D eigenvalue weighted by molar-refractivity contribution is -0.128. The van der Waals surface area contributed by atoms with E-state index in [4.69, 9.17) is 9.47 Å². The first-order valence-electron chi connectivity index (χ1n) is 7.73. The first-order chi connectivity index (χ1) is 10.7. The number of ketones is 1. The molecule has 0 saturated carbocycles. The lowest BCUT2D eigenvalue weighted by Crippen LogP contribution is -2.28. The summed E-state index contributed by atoms with van der Waals surface area (Å²) in [6, 6.07) is 5.79. The monoisotopic (exact) mass is 303 g/mol. The number of carbonyl (C=O) groups excluding carboxylic acids is 2. The SMILES string of the molecule is COCCN1C[C@H](Cc2ccc3c(c2)OCCC3=O)CC1=O. The number of nitrogens with zero attached hydrogens (tertiary/aromatic N) is 1. The van der Waals surface area contributed by atoms with Gasteiger partial charge in [0.15, 0.2) is 5.78 Å². The predicted octanol–water partition coefficient (Wildman–Crippen LogP) is 1.69. The molecular weight excluding hydrogens is 282 g/mol. The molecule has 2 aliphatic rings. The number of amides is 1. The number of hydrogen-bond donors (Lipinski definition) is 0. The Labute approximate surface area is 130 Å². The van der Waals surface area contributed by atoms with Gasteiger partial charge in [0.05, 0.1) is 18.8 Å². The fourth-order valence-electron chi connectivity index (χ4n) is 3.17. The van der Waals surface area contributed by atoms with E-state index in [2.05, 4.69) is 0 Å². The zero-order valence-corrected chi connectivity index (χ0v) is 12.8. The van der Waals surface area contributed by atoms with Crippen molar-refractivity contribution in [3.05, 3.63) is 29.3 Å². The van der Waals surface area contributed by atoms with Crippen molar-refractivity contribution in [2.45, 2.75) is 19.3 Å². The molecule has 1 amide bonds. The Kier molecular flexibility index (Phi) is 4.43. The van der Waals surface area contributed by atoms with Crippen molar-refractivity contribution in [2.75, 3.05) is 33.4 Å². The number of benzene rings is 1. The second kappa shape index (κ2) is 6.48. The van der Waals surface area contributed by atoms with Crippen molar-refractivity contribution in [1.82, 2.24) is 4.90 Å². The highest BCUT2D eigenvalue weighted by Gasteiger charge is 2.29. The van der Waals surface area contributed by atoms with E-state index in [1.807, 2.05) is 23.1 Å². The van der Waals surface area contributed by atoms with Gasteiger partial charge in [-0.2, -0.15) is 0 Å². The van der Waals surface area contributed by atoms with Crippen LogP contribution in [-0.2, 0) is 16.0 Å². The van der Waals surface area contributed by atoms with Gasteiger partial charge >= 0.3 is 0 Å². The summed E-state index contributed by atoms with van der Waals surface area (Å²) in [5, 5.41) is 0. The van der Waals surface area contributed by atoms with Gasteiger partial charge in [0.1, 0.15) is 5.75 Å². The molecule has 5 nitrogen and oxygen atoms in total. The van der Waals surface area contributed by atoms with Crippen molar-refractivity contribution in [3.8, 4) is 5.75 Å². The molecule has 2 aliphatic heterocycles. The van der Waals surface area contributed by atoms with E-state index in [-0.39, 0.29) is 11.7 Å². The molecule has 2 heterocycles. The van der Waals surface area contributed by atoms with Crippen molar-refractivity contribution in [2.24, 2.45) is 5.92 Å². The molecule has 0 aromatic heterocycles. The Balaban J connectivity index is 1.64. The van der Waals surface area contributed by atoms with Crippen LogP contribution in [0.25, 0.3) is 0 Å². The van der Waals surface area contributed by atoms with Gasteiger partial charge in [-0.1, -0.05) is 6.07 Å². The molecule has 0 spiro atoms. The lowest BCUT2D eigenvalue weighted by atomic mass is 9.95. The Morgan fingerprint density at radius 3 is 3.05 bits per heavy atom. The minimum Gasteiger partial charge on any atom is -0.492 e. The van der Waals surface area contributed by atoms with Crippen LogP contribution in [0.4, 0.5) is 0 Å². The summed E-state index contributed by atoms with van der Waals surface area (Å²) in [4.78, 5) is 25.6. The Morgan fingerprint density at radius 1 is 1.36 bits per heavy atom. The van der Waals surface area contributed by atoms with E-state index in [0.717, 1.165) is 18.5 Å². The zero-order chi connectivity index (χ0) is 15.5. The van der Waals surface area contributed by atoms with Crippen molar-refractivity contribution in [1.29, 1.82) is 0 Å². The van der Waals surface area contributed by atoms with Crippen LogP contribution in [0.1, 0.15) is 28.8 Å². The van der Waals surface area contributed by atoms with Crippen molar-refractivity contribution in [3.63, 3.8) is 0 Å². The topological polar surface area (TPSA) is 55.8 Å². The van der Waals surface area contributed by atoms with Crippen LogP contribution in [0.3, 0.4) is 0 Å². The maximum Gasteiger partial charge on any atom is 0.223 e. The lowest BCUT2D eigenvalue weighted by Gasteiger charge is -2.18. The van der Waals surface area contributed by atoms with Crippen LogP contribution in [0.5, 0.6) is 5.75 Å². The number of rotatable bonds is 5.